The number of likely N-dealkylation sites (tertiary alicyclic amines) is 1. The van der Waals surface area contributed by atoms with Crippen LogP contribution in [0.25, 0.3) is 0 Å². The molecule has 3 N–H and O–H groups in total. The summed E-state index contributed by atoms with van der Waals surface area (Å²) >= 11 is 5.98. The Labute approximate surface area is 177 Å². The maximum atomic E-state index is 13.0. The summed E-state index contributed by atoms with van der Waals surface area (Å²) < 4.78 is 0. The van der Waals surface area contributed by atoms with E-state index in [1.54, 1.807) is 17.0 Å². The first-order valence-electron chi connectivity index (χ1n) is 10.4. The molecule has 0 radical (unpaired) electrons. The fourth-order valence-electron chi connectivity index (χ4n) is 4.65. The highest BCUT2D eigenvalue weighted by Gasteiger charge is 2.50. The average Bonchev–Trinajstić information content (AvgIpc) is 3.23. The summed E-state index contributed by atoms with van der Waals surface area (Å²) in [6.45, 7) is 4.08. The molecule has 1 aromatic carbocycles. The van der Waals surface area contributed by atoms with E-state index in [-0.39, 0.29) is 17.7 Å². The second kappa shape index (κ2) is 8.62. The Morgan fingerprint density at radius 2 is 1.86 bits per heavy atom. The standard InChI is InChI=1S/C22H31ClN2O4/c1-21(2)14-25(12-11-22(21,29)16-7-9-17(23)10-8-16)20(28)18(13-26)24-19(27)15-5-3-4-6-15/h7-10,15,18,26,29H,3-6,11-14H2,1-2H3,(H,24,27)/t18-,22+/m1/s1. The molecule has 1 aromatic rings. The number of aliphatic hydroxyl groups is 2. The Hall–Kier alpha value is -1.63. The van der Waals surface area contributed by atoms with Crippen LogP contribution in [0.1, 0.15) is 51.5 Å². The van der Waals surface area contributed by atoms with Gasteiger partial charge in [-0.15, -0.1) is 0 Å². The molecule has 6 nitrogen and oxygen atoms in total. The summed E-state index contributed by atoms with van der Waals surface area (Å²) in [6, 6.07) is 6.20. The zero-order valence-electron chi connectivity index (χ0n) is 17.2. The van der Waals surface area contributed by atoms with Gasteiger partial charge in [-0.05, 0) is 37.0 Å². The highest BCUT2D eigenvalue weighted by atomic mass is 35.5. The van der Waals surface area contributed by atoms with Crippen molar-refractivity contribution in [3.8, 4) is 0 Å². The van der Waals surface area contributed by atoms with Crippen molar-refractivity contribution in [2.24, 2.45) is 11.3 Å². The van der Waals surface area contributed by atoms with E-state index in [1.807, 2.05) is 26.0 Å². The second-order valence-electron chi connectivity index (χ2n) is 8.99. The smallest absolute Gasteiger partial charge is 0.247 e. The third kappa shape index (κ3) is 4.44. The minimum atomic E-state index is -1.10. The molecule has 1 aliphatic carbocycles. The molecule has 1 saturated heterocycles. The molecule has 1 aliphatic heterocycles. The maximum absolute atomic E-state index is 13.0. The van der Waals surface area contributed by atoms with Crippen LogP contribution in [0, 0.1) is 11.3 Å². The van der Waals surface area contributed by atoms with Crippen LogP contribution in [0.2, 0.25) is 5.02 Å². The van der Waals surface area contributed by atoms with Gasteiger partial charge in [0, 0.05) is 29.4 Å². The Balaban J connectivity index is 1.69. The van der Waals surface area contributed by atoms with Crippen molar-refractivity contribution in [1.29, 1.82) is 0 Å². The lowest BCUT2D eigenvalue weighted by molar-refractivity contribution is -0.156. The molecule has 2 atom stereocenters. The summed E-state index contributed by atoms with van der Waals surface area (Å²) in [4.78, 5) is 27.1. The predicted molar refractivity (Wildman–Crippen MR) is 111 cm³/mol. The van der Waals surface area contributed by atoms with Crippen molar-refractivity contribution < 1.29 is 19.8 Å². The number of halogens is 1. The Morgan fingerprint density at radius 3 is 2.41 bits per heavy atom. The van der Waals surface area contributed by atoms with Gasteiger partial charge in [0.15, 0.2) is 0 Å². The van der Waals surface area contributed by atoms with Crippen molar-refractivity contribution in [2.75, 3.05) is 19.7 Å². The molecular formula is C22H31ClN2O4. The van der Waals surface area contributed by atoms with Gasteiger partial charge in [-0.3, -0.25) is 9.59 Å². The number of aliphatic hydroxyl groups excluding tert-OH is 1. The molecule has 0 aromatic heterocycles. The topological polar surface area (TPSA) is 89.9 Å². The molecule has 1 saturated carbocycles. The van der Waals surface area contributed by atoms with Crippen molar-refractivity contribution in [3.05, 3.63) is 34.9 Å². The second-order valence-corrected chi connectivity index (χ2v) is 9.42. The molecular weight excluding hydrogens is 392 g/mol. The monoisotopic (exact) mass is 422 g/mol. The van der Waals surface area contributed by atoms with E-state index in [4.69, 9.17) is 11.6 Å². The molecule has 0 spiro atoms. The highest BCUT2D eigenvalue weighted by Crippen LogP contribution is 2.46. The van der Waals surface area contributed by atoms with E-state index in [2.05, 4.69) is 5.32 Å². The first-order valence-corrected chi connectivity index (χ1v) is 10.7. The van der Waals surface area contributed by atoms with Crippen molar-refractivity contribution in [1.82, 2.24) is 10.2 Å². The average molecular weight is 423 g/mol. The van der Waals surface area contributed by atoms with Crippen molar-refractivity contribution >= 4 is 23.4 Å². The molecule has 7 heteroatoms. The van der Waals surface area contributed by atoms with Crippen LogP contribution in [0.5, 0.6) is 0 Å². The number of benzene rings is 1. The van der Waals surface area contributed by atoms with Gasteiger partial charge in [0.05, 0.1) is 12.2 Å². The van der Waals surface area contributed by atoms with Crippen LogP contribution in [0.3, 0.4) is 0 Å². The van der Waals surface area contributed by atoms with Gasteiger partial charge in [0.2, 0.25) is 11.8 Å². The summed E-state index contributed by atoms with van der Waals surface area (Å²) in [5, 5.41) is 24.5. The summed E-state index contributed by atoms with van der Waals surface area (Å²) in [5.41, 5.74) is -0.951. The summed E-state index contributed by atoms with van der Waals surface area (Å²) in [6.07, 6.45) is 4.09. The number of nitrogens with one attached hydrogen (secondary N) is 1. The molecule has 2 amide bonds. The van der Waals surface area contributed by atoms with E-state index >= 15 is 0 Å². The van der Waals surface area contributed by atoms with Crippen molar-refractivity contribution in [2.45, 2.75) is 57.6 Å². The van der Waals surface area contributed by atoms with Crippen LogP contribution in [0.15, 0.2) is 24.3 Å². The SMILES string of the molecule is CC1(C)CN(C(=O)[C@@H](CO)NC(=O)C2CCCC2)CC[C@]1(O)c1ccc(Cl)cc1. The molecule has 0 unspecified atom stereocenters. The zero-order valence-corrected chi connectivity index (χ0v) is 17.9. The van der Waals surface area contributed by atoms with Gasteiger partial charge >= 0.3 is 0 Å². The van der Waals surface area contributed by atoms with Gasteiger partial charge in [-0.1, -0.05) is 50.4 Å². The van der Waals surface area contributed by atoms with Crippen LogP contribution < -0.4 is 5.32 Å². The normalized spacial score (nSPS) is 25.6. The lowest BCUT2D eigenvalue weighted by Crippen LogP contribution is -2.60. The van der Waals surface area contributed by atoms with Crippen LogP contribution in [0.4, 0.5) is 0 Å². The van der Waals surface area contributed by atoms with Gasteiger partial charge < -0.3 is 20.4 Å². The Bertz CT molecular complexity index is 746. The molecule has 0 bridgehead atoms. The maximum Gasteiger partial charge on any atom is 0.247 e. The molecule has 2 fully saturated rings. The van der Waals surface area contributed by atoms with E-state index in [0.29, 0.717) is 24.5 Å². The number of carbonyl (C=O) groups is 2. The summed E-state index contributed by atoms with van der Waals surface area (Å²) in [5.74, 6) is -0.515. The lowest BCUT2D eigenvalue weighted by atomic mass is 9.66. The third-order valence-corrected chi connectivity index (χ3v) is 6.86. The Kier molecular flexibility index (Phi) is 6.56. The first kappa shape index (κ1) is 22.1. The predicted octanol–water partition coefficient (Wildman–Crippen LogP) is 2.45. The third-order valence-electron chi connectivity index (χ3n) is 6.61. The lowest BCUT2D eigenvalue weighted by Gasteiger charge is -2.51. The number of carbonyl (C=O) groups excluding carboxylic acids is 2. The van der Waals surface area contributed by atoms with Gasteiger partial charge in [0.25, 0.3) is 0 Å². The minimum absolute atomic E-state index is 0.0651. The highest BCUT2D eigenvalue weighted by molar-refractivity contribution is 6.30. The molecule has 160 valence electrons. The number of hydrogen-bond donors (Lipinski definition) is 3. The fourth-order valence-corrected chi connectivity index (χ4v) is 4.78. The van der Waals surface area contributed by atoms with Crippen LogP contribution in [-0.4, -0.2) is 52.7 Å². The quantitative estimate of drug-likeness (QED) is 0.679. The summed E-state index contributed by atoms with van der Waals surface area (Å²) in [7, 11) is 0. The van der Waals surface area contributed by atoms with Crippen LogP contribution in [-0.2, 0) is 15.2 Å². The number of nitrogens with zero attached hydrogens (tertiary/aromatic N) is 1. The molecule has 3 rings (SSSR count). The van der Waals surface area contributed by atoms with Crippen LogP contribution >= 0.6 is 11.6 Å². The van der Waals surface area contributed by atoms with Gasteiger partial charge in [-0.25, -0.2) is 0 Å². The first-order chi connectivity index (χ1) is 13.7. The Morgan fingerprint density at radius 1 is 1.24 bits per heavy atom. The number of piperidine rings is 1. The molecule has 2 aliphatic rings. The minimum Gasteiger partial charge on any atom is -0.394 e. The largest absolute Gasteiger partial charge is 0.394 e. The van der Waals surface area contributed by atoms with E-state index < -0.39 is 23.7 Å². The fraction of sp³-hybridized carbons (Fsp3) is 0.636. The van der Waals surface area contributed by atoms with E-state index in [1.165, 1.54) is 0 Å². The van der Waals surface area contributed by atoms with E-state index in [0.717, 1.165) is 31.2 Å². The van der Waals surface area contributed by atoms with Gasteiger partial charge in [0.1, 0.15) is 6.04 Å². The van der Waals surface area contributed by atoms with Crippen molar-refractivity contribution in [3.63, 3.8) is 0 Å². The zero-order chi connectivity index (χ0) is 21.2. The number of rotatable bonds is 5. The molecule has 29 heavy (non-hydrogen) atoms. The van der Waals surface area contributed by atoms with E-state index in [9.17, 15) is 19.8 Å². The molecule has 1 heterocycles. The van der Waals surface area contributed by atoms with Gasteiger partial charge in [-0.2, -0.15) is 0 Å². The number of hydrogen-bond acceptors (Lipinski definition) is 4. The number of amides is 2.